The average molecular weight is 254 g/mol. The van der Waals surface area contributed by atoms with Crippen LogP contribution in [-0.4, -0.2) is 39.7 Å². The van der Waals surface area contributed by atoms with Gasteiger partial charge in [0.05, 0.1) is 6.33 Å². The number of carboxylic acid groups (broad SMARTS) is 1. The number of carbonyl (C=O) groups is 2. The van der Waals surface area contributed by atoms with Gasteiger partial charge in [0.1, 0.15) is 6.04 Å². The Balaban J connectivity index is 2.48. The van der Waals surface area contributed by atoms with Crippen LogP contribution in [0.5, 0.6) is 0 Å². The lowest BCUT2D eigenvalue weighted by Gasteiger charge is -2.15. The molecule has 7 nitrogen and oxygen atoms in total. The van der Waals surface area contributed by atoms with Gasteiger partial charge in [0.2, 0.25) is 0 Å². The second-order valence-electron chi connectivity index (χ2n) is 4.42. The predicted molar refractivity (Wildman–Crippen MR) is 65.1 cm³/mol. The van der Waals surface area contributed by atoms with Crippen molar-refractivity contribution < 1.29 is 14.7 Å². The fourth-order valence-electron chi connectivity index (χ4n) is 1.32. The van der Waals surface area contributed by atoms with Crippen molar-refractivity contribution in [3.8, 4) is 0 Å². The SMILES string of the molecule is CC(C)CNC(=O)N[C@H](Cc1cnc[nH]1)C(=O)O. The molecular formula is C11H18N4O3. The van der Waals surface area contributed by atoms with Gasteiger partial charge in [-0.1, -0.05) is 13.8 Å². The molecule has 0 saturated carbocycles. The summed E-state index contributed by atoms with van der Waals surface area (Å²) >= 11 is 0. The van der Waals surface area contributed by atoms with Crippen molar-refractivity contribution in [2.75, 3.05) is 6.54 Å². The van der Waals surface area contributed by atoms with Crippen LogP contribution >= 0.6 is 0 Å². The molecule has 2 amide bonds. The van der Waals surface area contributed by atoms with Crippen molar-refractivity contribution in [2.45, 2.75) is 26.3 Å². The number of carbonyl (C=O) groups excluding carboxylic acids is 1. The summed E-state index contributed by atoms with van der Waals surface area (Å²) in [6.45, 7) is 4.42. The maximum atomic E-state index is 11.5. The van der Waals surface area contributed by atoms with Crippen LogP contribution in [0.15, 0.2) is 12.5 Å². The zero-order valence-corrected chi connectivity index (χ0v) is 10.4. The Hall–Kier alpha value is -2.05. The van der Waals surface area contributed by atoms with E-state index >= 15 is 0 Å². The number of nitrogens with one attached hydrogen (secondary N) is 3. The average Bonchev–Trinajstić information content (AvgIpc) is 2.78. The lowest BCUT2D eigenvalue weighted by atomic mass is 10.1. The number of nitrogens with zero attached hydrogens (tertiary/aromatic N) is 1. The van der Waals surface area contributed by atoms with E-state index in [9.17, 15) is 9.59 Å². The number of hydrogen-bond donors (Lipinski definition) is 4. The van der Waals surface area contributed by atoms with Gasteiger partial charge in [0.25, 0.3) is 0 Å². The molecule has 1 heterocycles. The Labute approximate surface area is 105 Å². The highest BCUT2D eigenvalue weighted by molar-refractivity contribution is 5.82. The van der Waals surface area contributed by atoms with E-state index in [-0.39, 0.29) is 6.42 Å². The Morgan fingerprint density at radius 2 is 2.22 bits per heavy atom. The minimum absolute atomic E-state index is 0.171. The Morgan fingerprint density at radius 3 is 2.72 bits per heavy atom. The third-order valence-electron chi connectivity index (χ3n) is 2.25. The second kappa shape index (κ2) is 6.63. The third kappa shape index (κ3) is 4.86. The quantitative estimate of drug-likeness (QED) is 0.588. The molecule has 0 radical (unpaired) electrons. The standard InChI is InChI=1S/C11H18N4O3/c1-7(2)4-13-11(18)15-9(10(16)17)3-8-5-12-6-14-8/h5-7,9H,3-4H2,1-2H3,(H,12,14)(H,16,17)(H2,13,15,18)/t9-/m1/s1. The van der Waals surface area contributed by atoms with Gasteiger partial charge >= 0.3 is 12.0 Å². The molecule has 4 N–H and O–H groups in total. The van der Waals surface area contributed by atoms with Crippen LogP contribution in [0.1, 0.15) is 19.5 Å². The number of rotatable bonds is 6. The fourth-order valence-corrected chi connectivity index (χ4v) is 1.32. The monoisotopic (exact) mass is 254 g/mol. The molecule has 0 aliphatic rings. The van der Waals surface area contributed by atoms with E-state index in [0.29, 0.717) is 18.2 Å². The Bertz CT molecular complexity index is 389. The van der Waals surface area contributed by atoms with Crippen molar-refractivity contribution in [1.29, 1.82) is 0 Å². The zero-order chi connectivity index (χ0) is 13.5. The second-order valence-corrected chi connectivity index (χ2v) is 4.42. The summed E-state index contributed by atoms with van der Waals surface area (Å²) in [5, 5.41) is 14.0. The summed E-state index contributed by atoms with van der Waals surface area (Å²) in [5.41, 5.74) is 0.659. The number of imidazole rings is 1. The molecule has 100 valence electrons. The predicted octanol–water partition coefficient (Wildman–Crippen LogP) is 0.361. The summed E-state index contributed by atoms with van der Waals surface area (Å²) in [7, 11) is 0. The van der Waals surface area contributed by atoms with Gasteiger partial charge in [-0.2, -0.15) is 0 Å². The van der Waals surface area contributed by atoms with Crippen molar-refractivity contribution in [3.05, 3.63) is 18.2 Å². The van der Waals surface area contributed by atoms with Gasteiger partial charge in [-0.05, 0) is 5.92 Å². The molecule has 7 heteroatoms. The summed E-state index contributed by atoms with van der Waals surface area (Å²) in [6.07, 6.45) is 3.17. The van der Waals surface area contributed by atoms with Crippen molar-refractivity contribution in [2.24, 2.45) is 5.92 Å². The highest BCUT2D eigenvalue weighted by Gasteiger charge is 2.20. The van der Waals surface area contributed by atoms with Crippen molar-refractivity contribution >= 4 is 12.0 Å². The maximum Gasteiger partial charge on any atom is 0.326 e. The van der Waals surface area contributed by atoms with E-state index in [1.807, 2.05) is 13.8 Å². The smallest absolute Gasteiger partial charge is 0.326 e. The van der Waals surface area contributed by atoms with E-state index in [1.165, 1.54) is 12.5 Å². The minimum Gasteiger partial charge on any atom is -0.480 e. The molecular weight excluding hydrogens is 236 g/mol. The van der Waals surface area contributed by atoms with Crippen LogP contribution in [-0.2, 0) is 11.2 Å². The lowest BCUT2D eigenvalue weighted by molar-refractivity contribution is -0.139. The molecule has 0 aromatic carbocycles. The number of carboxylic acids is 1. The summed E-state index contributed by atoms with van der Waals surface area (Å²) in [4.78, 5) is 29.1. The summed E-state index contributed by atoms with van der Waals surface area (Å²) in [5.74, 6) is -0.768. The van der Waals surface area contributed by atoms with E-state index in [4.69, 9.17) is 5.11 Å². The number of urea groups is 1. The third-order valence-corrected chi connectivity index (χ3v) is 2.25. The molecule has 0 saturated heterocycles. The van der Waals surface area contributed by atoms with Gasteiger partial charge in [0.15, 0.2) is 0 Å². The van der Waals surface area contributed by atoms with Crippen LogP contribution in [0, 0.1) is 5.92 Å². The molecule has 1 aromatic heterocycles. The van der Waals surface area contributed by atoms with Crippen molar-refractivity contribution in [1.82, 2.24) is 20.6 Å². The van der Waals surface area contributed by atoms with Crippen LogP contribution in [0.4, 0.5) is 4.79 Å². The van der Waals surface area contributed by atoms with Crippen LogP contribution in [0.3, 0.4) is 0 Å². The number of aliphatic carboxylic acids is 1. The Morgan fingerprint density at radius 1 is 1.50 bits per heavy atom. The first-order chi connectivity index (χ1) is 8.49. The number of hydrogen-bond acceptors (Lipinski definition) is 3. The number of aromatic nitrogens is 2. The topological polar surface area (TPSA) is 107 Å². The minimum atomic E-state index is -1.08. The lowest BCUT2D eigenvalue weighted by Crippen LogP contribution is -2.47. The van der Waals surface area contributed by atoms with E-state index in [2.05, 4.69) is 20.6 Å². The molecule has 18 heavy (non-hydrogen) atoms. The molecule has 0 aliphatic carbocycles. The molecule has 1 atom stereocenters. The molecule has 0 unspecified atom stereocenters. The first-order valence-electron chi connectivity index (χ1n) is 5.73. The normalized spacial score (nSPS) is 12.2. The first-order valence-corrected chi connectivity index (χ1v) is 5.73. The summed E-state index contributed by atoms with van der Waals surface area (Å²) < 4.78 is 0. The van der Waals surface area contributed by atoms with Crippen LogP contribution in [0.2, 0.25) is 0 Å². The molecule has 0 aliphatic heterocycles. The number of amides is 2. The number of aromatic amines is 1. The molecule has 0 spiro atoms. The van der Waals surface area contributed by atoms with E-state index in [1.54, 1.807) is 0 Å². The zero-order valence-electron chi connectivity index (χ0n) is 10.4. The van der Waals surface area contributed by atoms with Gasteiger partial charge in [-0.25, -0.2) is 14.6 Å². The Kier molecular flexibility index (Phi) is 5.16. The van der Waals surface area contributed by atoms with Gasteiger partial charge in [-0.15, -0.1) is 0 Å². The van der Waals surface area contributed by atoms with E-state index < -0.39 is 18.0 Å². The highest BCUT2D eigenvalue weighted by atomic mass is 16.4. The largest absolute Gasteiger partial charge is 0.480 e. The number of H-pyrrole nitrogens is 1. The first kappa shape index (κ1) is 14.0. The molecule has 1 aromatic rings. The highest BCUT2D eigenvalue weighted by Crippen LogP contribution is 1.99. The van der Waals surface area contributed by atoms with Gasteiger partial charge in [0, 0.05) is 24.9 Å². The maximum absolute atomic E-state index is 11.5. The molecule has 0 bridgehead atoms. The fraction of sp³-hybridized carbons (Fsp3) is 0.545. The van der Waals surface area contributed by atoms with Crippen LogP contribution in [0.25, 0.3) is 0 Å². The molecule has 1 rings (SSSR count). The van der Waals surface area contributed by atoms with E-state index in [0.717, 1.165) is 0 Å². The van der Waals surface area contributed by atoms with Crippen molar-refractivity contribution in [3.63, 3.8) is 0 Å². The van der Waals surface area contributed by atoms with Gasteiger partial charge < -0.3 is 20.7 Å². The van der Waals surface area contributed by atoms with Crippen LogP contribution < -0.4 is 10.6 Å². The molecule has 0 fully saturated rings. The van der Waals surface area contributed by atoms with Gasteiger partial charge in [-0.3, -0.25) is 0 Å². The summed E-state index contributed by atoms with van der Waals surface area (Å²) in [6, 6.07) is -1.45.